The summed E-state index contributed by atoms with van der Waals surface area (Å²) >= 11 is 7.72. The molecule has 0 radical (unpaired) electrons. The van der Waals surface area contributed by atoms with Crippen LogP contribution < -0.4 is 15.4 Å². The first-order chi connectivity index (χ1) is 23.7. The number of amides is 1. The lowest BCUT2D eigenvalue weighted by Crippen LogP contribution is -2.50. The van der Waals surface area contributed by atoms with Crippen LogP contribution >= 0.6 is 22.9 Å². The van der Waals surface area contributed by atoms with Crippen molar-refractivity contribution in [3.05, 3.63) is 52.8 Å². The van der Waals surface area contributed by atoms with Gasteiger partial charge < -0.3 is 20.3 Å². The fourth-order valence-electron chi connectivity index (χ4n) is 7.43. The van der Waals surface area contributed by atoms with Gasteiger partial charge in [-0.3, -0.25) is 4.90 Å². The number of anilines is 2. The smallest absolute Gasteiger partial charge is 0.346 e. The van der Waals surface area contributed by atoms with Crippen molar-refractivity contribution >= 4 is 60.8 Å². The lowest BCUT2D eigenvalue weighted by Gasteiger charge is -2.35. The minimum absolute atomic E-state index is 0.00878. The Balaban J connectivity index is 1.22. The standard InChI is InChI=1S/C32H28ClF3N10O2S/c33-21-12-19-26(25(36)24(21)18-2-3-22(35)27-23(18)20(14-37)28(38)49-27)40-30(48-16-32-4-1-6-45(32)15-17(34)13-32)41-29(19)43-8-10-44(11-9-43)31(47)46-7-5-39-42-46/h2-3,5,7,12,17H,1,4,6,8-11,13,15-16,38H2/t17-,32+/m1/s1. The SMILES string of the molecule is N#Cc1c(N)sc2c(F)ccc(-c3c(Cl)cc4c(N5CCN(C(=O)n6ccnn6)CC5)nc(OC[C@@]56CCCN5C[C@H](F)C6)nc4c3F)c12. The van der Waals surface area contributed by atoms with Gasteiger partial charge >= 0.3 is 12.0 Å². The average Bonchev–Trinajstić information content (AvgIpc) is 3.88. The molecule has 8 rings (SSSR count). The number of nitrogen functional groups attached to an aromatic ring is 1. The minimum atomic E-state index is -0.965. The number of ether oxygens (including phenoxy) is 1. The molecular formula is C32H28ClF3N10O2S. The summed E-state index contributed by atoms with van der Waals surface area (Å²) in [5.41, 5.74) is 5.59. The number of thiophene rings is 1. The second kappa shape index (κ2) is 12.0. The van der Waals surface area contributed by atoms with Crippen molar-refractivity contribution in [1.82, 2.24) is 34.8 Å². The van der Waals surface area contributed by atoms with E-state index in [2.05, 4.69) is 20.2 Å². The Morgan fingerprint density at radius 2 is 2.02 bits per heavy atom. The van der Waals surface area contributed by atoms with E-state index in [1.807, 2.05) is 11.0 Å². The number of carbonyl (C=O) groups is 1. The number of nitrogens with zero attached hydrogens (tertiary/aromatic N) is 9. The first-order valence-electron chi connectivity index (χ1n) is 15.7. The highest BCUT2D eigenvalue weighted by Gasteiger charge is 2.49. The molecule has 1 amide bonds. The van der Waals surface area contributed by atoms with Crippen LogP contribution in [-0.2, 0) is 0 Å². The van der Waals surface area contributed by atoms with Gasteiger partial charge in [-0.05, 0) is 37.1 Å². The number of carbonyl (C=O) groups excluding carboxylic acids is 1. The van der Waals surface area contributed by atoms with Crippen molar-refractivity contribution in [3.8, 4) is 23.2 Å². The topological polar surface area (TPSA) is 142 Å². The highest BCUT2D eigenvalue weighted by molar-refractivity contribution is 7.23. The van der Waals surface area contributed by atoms with E-state index in [0.29, 0.717) is 50.3 Å². The van der Waals surface area contributed by atoms with E-state index in [-0.39, 0.29) is 61.0 Å². The zero-order valence-electron chi connectivity index (χ0n) is 25.9. The molecule has 3 aliphatic heterocycles. The molecule has 2 atom stereocenters. The predicted molar refractivity (Wildman–Crippen MR) is 178 cm³/mol. The highest BCUT2D eigenvalue weighted by atomic mass is 35.5. The molecule has 252 valence electrons. The number of nitrogens with two attached hydrogens (primary N) is 1. The van der Waals surface area contributed by atoms with Crippen molar-refractivity contribution in [2.75, 3.05) is 56.5 Å². The number of alkyl halides is 1. The zero-order chi connectivity index (χ0) is 34.0. The van der Waals surface area contributed by atoms with Crippen LogP contribution in [0.5, 0.6) is 6.01 Å². The Kier molecular flexibility index (Phi) is 7.73. The number of aromatic nitrogens is 5. The van der Waals surface area contributed by atoms with Crippen molar-refractivity contribution in [2.45, 2.75) is 31.0 Å². The van der Waals surface area contributed by atoms with Crippen LogP contribution in [-0.4, -0.2) is 98.4 Å². The first kappa shape index (κ1) is 31.5. The summed E-state index contributed by atoms with van der Waals surface area (Å²) in [5.74, 6) is -1.07. The second-order valence-corrected chi connectivity index (χ2v) is 14.0. The number of hydrogen-bond acceptors (Lipinski definition) is 11. The number of nitriles is 1. The van der Waals surface area contributed by atoms with E-state index < -0.39 is 23.3 Å². The van der Waals surface area contributed by atoms with Gasteiger partial charge in [0.15, 0.2) is 5.82 Å². The Morgan fingerprint density at radius 3 is 2.78 bits per heavy atom. The van der Waals surface area contributed by atoms with Gasteiger partial charge in [0.25, 0.3) is 0 Å². The molecule has 0 saturated carbocycles. The van der Waals surface area contributed by atoms with Crippen molar-refractivity contribution in [3.63, 3.8) is 0 Å². The van der Waals surface area contributed by atoms with Crippen LogP contribution in [0.2, 0.25) is 5.02 Å². The maximum absolute atomic E-state index is 17.0. The largest absolute Gasteiger partial charge is 0.461 e. The van der Waals surface area contributed by atoms with Crippen LogP contribution in [0.25, 0.3) is 32.1 Å². The molecule has 3 saturated heterocycles. The maximum atomic E-state index is 17.0. The van der Waals surface area contributed by atoms with Crippen LogP contribution in [0.15, 0.2) is 30.6 Å². The van der Waals surface area contributed by atoms with E-state index in [9.17, 15) is 18.8 Å². The second-order valence-electron chi connectivity index (χ2n) is 12.5. The molecule has 17 heteroatoms. The fourth-order valence-corrected chi connectivity index (χ4v) is 8.68. The molecule has 0 unspecified atom stereocenters. The molecule has 3 aliphatic rings. The van der Waals surface area contributed by atoms with Gasteiger partial charge in [0.2, 0.25) is 0 Å². The van der Waals surface area contributed by atoms with Crippen molar-refractivity contribution in [2.24, 2.45) is 0 Å². The zero-order valence-corrected chi connectivity index (χ0v) is 27.4. The maximum Gasteiger partial charge on any atom is 0.346 e. The Hall–Kier alpha value is -4.72. The Labute approximate surface area is 286 Å². The number of hydrogen-bond donors (Lipinski definition) is 1. The molecule has 6 heterocycles. The highest BCUT2D eigenvalue weighted by Crippen LogP contribution is 2.46. The predicted octanol–water partition coefficient (Wildman–Crippen LogP) is 5.23. The van der Waals surface area contributed by atoms with Crippen LogP contribution in [0.1, 0.15) is 24.8 Å². The summed E-state index contributed by atoms with van der Waals surface area (Å²) in [4.78, 5) is 27.8. The van der Waals surface area contributed by atoms with E-state index >= 15 is 4.39 Å². The van der Waals surface area contributed by atoms with Crippen molar-refractivity contribution < 1.29 is 22.7 Å². The normalized spacial score (nSPS) is 21.1. The molecule has 12 nitrogen and oxygen atoms in total. The molecule has 3 fully saturated rings. The number of halogens is 4. The third-order valence-corrected chi connectivity index (χ3v) is 11.1. The molecule has 3 aromatic heterocycles. The third kappa shape index (κ3) is 5.18. The average molecular weight is 709 g/mol. The molecule has 0 aliphatic carbocycles. The Bertz CT molecular complexity index is 2170. The first-order valence-corrected chi connectivity index (χ1v) is 16.9. The molecule has 0 spiro atoms. The summed E-state index contributed by atoms with van der Waals surface area (Å²) in [6.45, 7) is 2.54. The van der Waals surface area contributed by atoms with Gasteiger partial charge in [-0.2, -0.15) is 19.9 Å². The van der Waals surface area contributed by atoms with Gasteiger partial charge in [0, 0.05) is 55.5 Å². The fraction of sp³-hybridized carbons (Fsp3) is 0.375. The quantitative estimate of drug-likeness (QED) is 0.258. The summed E-state index contributed by atoms with van der Waals surface area (Å²) in [6, 6.07) is 5.68. The number of rotatable bonds is 5. The van der Waals surface area contributed by atoms with Crippen LogP contribution in [0, 0.1) is 23.0 Å². The van der Waals surface area contributed by atoms with Gasteiger partial charge in [0.05, 0.1) is 33.2 Å². The van der Waals surface area contributed by atoms with Gasteiger partial charge in [0.1, 0.15) is 41.0 Å². The lowest BCUT2D eigenvalue weighted by atomic mass is 9.95. The van der Waals surface area contributed by atoms with E-state index in [1.54, 1.807) is 11.0 Å². The molecule has 2 aromatic carbocycles. The van der Waals surface area contributed by atoms with E-state index in [1.165, 1.54) is 24.5 Å². The summed E-state index contributed by atoms with van der Waals surface area (Å²) in [5, 5.41) is 17.9. The number of piperazine rings is 1. The number of benzene rings is 2. The lowest BCUT2D eigenvalue weighted by molar-refractivity contribution is 0.107. The number of fused-ring (bicyclic) bond motifs is 3. The van der Waals surface area contributed by atoms with Crippen LogP contribution in [0.3, 0.4) is 0 Å². The summed E-state index contributed by atoms with van der Waals surface area (Å²) in [6.07, 6.45) is 3.93. The van der Waals surface area contributed by atoms with Crippen molar-refractivity contribution in [1.29, 1.82) is 5.26 Å². The minimum Gasteiger partial charge on any atom is -0.461 e. The monoisotopic (exact) mass is 708 g/mol. The molecule has 0 bridgehead atoms. The van der Waals surface area contributed by atoms with E-state index in [0.717, 1.165) is 35.4 Å². The Morgan fingerprint density at radius 1 is 1.20 bits per heavy atom. The van der Waals surface area contributed by atoms with E-state index in [4.69, 9.17) is 27.1 Å². The summed E-state index contributed by atoms with van der Waals surface area (Å²) < 4.78 is 53.8. The van der Waals surface area contributed by atoms with Crippen LogP contribution in [0.4, 0.5) is 28.8 Å². The van der Waals surface area contributed by atoms with Gasteiger partial charge in [-0.1, -0.05) is 22.9 Å². The molecule has 5 aromatic rings. The molecular weight excluding hydrogens is 681 g/mol. The summed E-state index contributed by atoms with van der Waals surface area (Å²) in [7, 11) is 0. The molecule has 49 heavy (non-hydrogen) atoms. The molecule has 2 N–H and O–H groups in total. The third-order valence-electron chi connectivity index (χ3n) is 9.74. The van der Waals surface area contributed by atoms with Gasteiger partial charge in [-0.15, -0.1) is 16.4 Å². The van der Waals surface area contributed by atoms with Gasteiger partial charge in [-0.25, -0.2) is 18.0 Å².